The van der Waals surface area contributed by atoms with E-state index in [9.17, 15) is 4.79 Å². The van der Waals surface area contributed by atoms with Gasteiger partial charge in [0, 0.05) is 45.0 Å². The third kappa shape index (κ3) is 9.44. The van der Waals surface area contributed by atoms with Crippen LogP contribution in [-0.2, 0) is 15.9 Å². The molecular weight excluding hydrogens is 406 g/mol. The summed E-state index contributed by atoms with van der Waals surface area (Å²) in [6, 6.07) is 8.25. The number of morpholine rings is 1. The van der Waals surface area contributed by atoms with Gasteiger partial charge in [-0.15, -0.1) is 0 Å². The van der Waals surface area contributed by atoms with E-state index in [1.165, 1.54) is 5.56 Å². The van der Waals surface area contributed by atoms with Gasteiger partial charge in [0.25, 0.3) is 0 Å². The van der Waals surface area contributed by atoms with Crippen LogP contribution < -0.4 is 16.0 Å². The van der Waals surface area contributed by atoms with Crippen LogP contribution in [0.2, 0.25) is 0 Å². The molecule has 2 rings (SSSR count). The van der Waals surface area contributed by atoms with E-state index in [0.717, 1.165) is 57.5 Å². The summed E-state index contributed by atoms with van der Waals surface area (Å²) >= 11 is 0. The number of rotatable bonds is 8. The molecule has 1 unspecified atom stereocenters. The van der Waals surface area contributed by atoms with Crippen LogP contribution in [0.1, 0.15) is 40.2 Å². The Balaban J connectivity index is 1.75. The SMILES string of the molecule is CN=C(NCCc1ccc(NC(=O)OC(C)(C)C)cc1)NCC(C(C)C)N1CCOCC1. The number of guanidine groups is 1. The first-order valence-electron chi connectivity index (χ1n) is 11.5. The van der Waals surface area contributed by atoms with E-state index in [0.29, 0.717) is 12.0 Å². The molecule has 8 nitrogen and oxygen atoms in total. The number of aliphatic imine (C=N–C) groups is 1. The van der Waals surface area contributed by atoms with Crippen LogP contribution in [0, 0.1) is 5.92 Å². The van der Waals surface area contributed by atoms with Gasteiger partial charge >= 0.3 is 6.09 Å². The third-order valence-corrected chi connectivity index (χ3v) is 5.29. The normalized spacial score (nSPS) is 16.5. The fraction of sp³-hybridized carbons (Fsp3) is 0.667. The van der Waals surface area contributed by atoms with Crippen molar-refractivity contribution >= 4 is 17.7 Å². The maximum absolute atomic E-state index is 11.9. The molecule has 1 aliphatic rings. The van der Waals surface area contributed by atoms with Crippen molar-refractivity contribution in [1.82, 2.24) is 15.5 Å². The number of nitrogens with zero attached hydrogens (tertiary/aromatic N) is 2. The molecule has 0 radical (unpaired) electrons. The van der Waals surface area contributed by atoms with Crippen molar-refractivity contribution in [3.8, 4) is 0 Å². The zero-order valence-electron chi connectivity index (χ0n) is 20.5. The minimum atomic E-state index is -0.514. The van der Waals surface area contributed by atoms with Crippen LogP contribution in [0.3, 0.4) is 0 Å². The summed E-state index contributed by atoms with van der Waals surface area (Å²) < 4.78 is 10.8. The second kappa shape index (κ2) is 12.6. The summed E-state index contributed by atoms with van der Waals surface area (Å²) in [5, 5.41) is 9.63. The Kier molecular flexibility index (Phi) is 10.3. The van der Waals surface area contributed by atoms with E-state index >= 15 is 0 Å². The summed E-state index contributed by atoms with van der Waals surface area (Å²) in [7, 11) is 1.80. The lowest BCUT2D eigenvalue weighted by molar-refractivity contribution is 0.00752. The van der Waals surface area contributed by atoms with Gasteiger partial charge in [-0.2, -0.15) is 0 Å². The van der Waals surface area contributed by atoms with E-state index in [1.807, 2.05) is 45.0 Å². The minimum Gasteiger partial charge on any atom is -0.444 e. The zero-order valence-corrected chi connectivity index (χ0v) is 20.5. The van der Waals surface area contributed by atoms with Crippen molar-refractivity contribution < 1.29 is 14.3 Å². The smallest absolute Gasteiger partial charge is 0.412 e. The molecule has 0 aromatic heterocycles. The maximum Gasteiger partial charge on any atom is 0.412 e. The van der Waals surface area contributed by atoms with Crippen LogP contribution in [-0.4, -0.2) is 75.0 Å². The number of nitrogens with one attached hydrogen (secondary N) is 3. The van der Waals surface area contributed by atoms with Gasteiger partial charge in [-0.05, 0) is 50.8 Å². The van der Waals surface area contributed by atoms with E-state index < -0.39 is 11.7 Å². The van der Waals surface area contributed by atoms with Crippen molar-refractivity contribution in [3.05, 3.63) is 29.8 Å². The van der Waals surface area contributed by atoms with Crippen molar-refractivity contribution in [2.24, 2.45) is 10.9 Å². The molecule has 1 aromatic carbocycles. The Bertz CT molecular complexity index is 722. The summed E-state index contributed by atoms with van der Waals surface area (Å²) in [4.78, 5) is 18.7. The van der Waals surface area contributed by atoms with Crippen molar-refractivity contribution in [2.75, 3.05) is 51.8 Å². The quantitative estimate of drug-likeness (QED) is 0.419. The molecule has 1 saturated heterocycles. The van der Waals surface area contributed by atoms with Crippen LogP contribution in [0.5, 0.6) is 0 Å². The minimum absolute atomic E-state index is 0.446. The molecular formula is C24H41N5O3. The Hall–Kier alpha value is -2.32. The number of hydrogen-bond acceptors (Lipinski definition) is 5. The molecule has 1 fully saturated rings. The number of carbonyl (C=O) groups excluding carboxylic acids is 1. The van der Waals surface area contributed by atoms with Gasteiger partial charge in [0.2, 0.25) is 0 Å². The number of benzene rings is 1. The first kappa shape index (κ1) is 25.9. The topological polar surface area (TPSA) is 87.2 Å². The summed E-state index contributed by atoms with van der Waals surface area (Å²) in [6.45, 7) is 15.3. The molecule has 8 heteroatoms. The van der Waals surface area contributed by atoms with Gasteiger partial charge in [0.05, 0.1) is 13.2 Å². The first-order chi connectivity index (χ1) is 15.2. The maximum atomic E-state index is 11.9. The molecule has 1 aliphatic heterocycles. The average molecular weight is 448 g/mol. The molecule has 0 saturated carbocycles. The van der Waals surface area contributed by atoms with Crippen LogP contribution in [0.4, 0.5) is 10.5 Å². The fourth-order valence-corrected chi connectivity index (χ4v) is 3.62. The molecule has 1 heterocycles. The second-order valence-corrected chi connectivity index (χ2v) is 9.41. The van der Waals surface area contributed by atoms with E-state index in [2.05, 4.69) is 39.7 Å². The summed E-state index contributed by atoms with van der Waals surface area (Å²) in [5.41, 5.74) is 1.38. The monoisotopic (exact) mass is 447 g/mol. The number of carbonyl (C=O) groups is 1. The van der Waals surface area contributed by atoms with E-state index in [4.69, 9.17) is 9.47 Å². The van der Waals surface area contributed by atoms with Gasteiger partial charge < -0.3 is 20.1 Å². The van der Waals surface area contributed by atoms with Gasteiger partial charge in [0.1, 0.15) is 5.60 Å². The Morgan fingerprint density at radius 2 is 1.81 bits per heavy atom. The largest absolute Gasteiger partial charge is 0.444 e. The summed E-state index contributed by atoms with van der Waals surface area (Å²) in [5.74, 6) is 1.36. The van der Waals surface area contributed by atoms with Crippen molar-refractivity contribution in [2.45, 2.75) is 52.7 Å². The highest BCUT2D eigenvalue weighted by molar-refractivity contribution is 5.84. The predicted octanol–water partition coefficient (Wildman–Crippen LogP) is 3.10. The Morgan fingerprint density at radius 1 is 1.16 bits per heavy atom. The standard InChI is InChI=1S/C24H41N5O3/c1-18(2)21(29-13-15-31-16-14-29)17-27-22(25-6)26-12-11-19-7-9-20(10-8-19)28-23(30)32-24(3,4)5/h7-10,18,21H,11-17H2,1-6H3,(H,28,30)(H2,25,26,27). The van der Waals surface area contributed by atoms with Gasteiger partial charge in [-0.1, -0.05) is 26.0 Å². The van der Waals surface area contributed by atoms with Gasteiger partial charge in [-0.3, -0.25) is 15.2 Å². The molecule has 1 atom stereocenters. The number of anilines is 1. The molecule has 1 aromatic rings. The van der Waals surface area contributed by atoms with Crippen LogP contribution in [0.15, 0.2) is 29.3 Å². The number of ether oxygens (including phenoxy) is 2. The number of hydrogen-bond donors (Lipinski definition) is 3. The second-order valence-electron chi connectivity index (χ2n) is 9.41. The van der Waals surface area contributed by atoms with E-state index in [-0.39, 0.29) is 0 Å². The third-order valence-electron chi connectivity index (χ3n) is 5.29. The van der Waals surface area contributed by atoms with Crippen LogP contribution in [0.25, 0.3) is 0 Å². The Labute approximate surface area is 193 Å². The highest BCUT2D eigenvalue weighted by Crippen LogP contribution is 2.14. The molecule has 180 valence electrons. The lowest BCUT2D eigenvalue weighted by Crippen LogP contribution is -2.52. The highest BCUT2D eigenvalue weighted by atomic mass is 16.6. The lowest BCUT2D eigenvalue weighted by Gasteiger charge is -2.37. The molecule has 0 aliphatic carbocycles. The van der Waals surface area contributed by atoms with Gasteiger partial charge in [-0.25, -0.2) is 4.79 Å². The van der Waals surface area contributed by atoms with Crippen molar-refractivity contribution in [1.29, 1.82) is 0 Å². The fourth-order valence-electron chi connectivity index (χ4n) is 3.62. The summed E-state index contributed by atoms with van der Waals surface area (Å²) in [6.07, 6.45) is 0.406. The van der Waals surface area contributed by atoms with Crippen LogP contribution >= 0.6 is 0 Å². The van der Waals surface area contributed by atoms with E-state index in [1.54, 1.807) is 7.05 Å². The number of amides is 1. The molecule has 32 heavy (non-hydrogen) atoms. The lowest BCUT2D eigenvalue weighted by atomic mass is 10.0. The first-order valence-corrected chi connectivity index (χ1v) is 11.5. The molecule has 0 spiro atoms. The molecule has 3 N–H and O–H groups in total. The van der Waals surface area contributed by atoms with Gasteiger partial charge in [0.15, 0.2) is 5.96 Å². The average Bonchev–Trinajstić information content (AvgIpc) is 2.73. The molecule has 1 amide bonds. The predicted molar refractivity (Wildman–Crippen MR) is 130 cm³/mol. The van der Waals surface area contributed by atoms with Crippen molar-refractivity contribution in [3.63, 3.8) is 0 Å². The molecule has 0 bridgehead atoms. The highest BCUT2D eigenvalue weighted by Gasteiger charge is 2.23. The zero-order chi connectivity index (χ0) is 23.6. The Morgan fingerprint density at radius 3 is 2.38 bits per heavy atom.